The Morgan fingerprint density at radius 2 is 1.86 bits per heavy atom. The van der Waals surface area contributed by atoms with Crippen molar-refractivity contribution in [2.45, 2.75) is 19.3 Å². The summed E-state index contributed by atoms with van der Waals surface area (Å²) in [5.41, 5.74) is 3.53. The van der Waals surface area contributed by atoms with Crippen LogP contribution >= 0.6 is 0 Å². The molecule has 1 aliphatic carbocycles. The van der Waals surface area contributed by atoms with E-state index in [9.17, 15) is 14.7 Å². The molecule has 2 aromatic rings. The molecule has 2 aromatic carbocycles. The van der Waals surface area contributed by atoms with Crippen LogP contribution in [0, 0.1) is 0 Å². The minimum atomic E-state index is -1.06. The number of hydrogen-bond donors (Lipinski definition) is 2. The first-order chi connectivity index (χ1) is 14.1. The largest absolute Gasteiger partial charge is 0.496 e. The van der Waals surface area contributed by atoms with Gasteiger partial charge in [0.1, 0.15) is 5.75 Å². The van der Waals surface area contributed by atoms with Crippen molar-refractivity contribution < 1.29 is 19.4 Å². The number of carboxylic acids is 1. The van der Waals surface area contributed by atoms with Gasteiger partial charge in [0, 0.05) is 12.0 Å². The van der Waals surface area contributed by atoms with E-state index >= 15 is 0 Å². The Hall–Kier alpha value is -3.60. The number of rotatable bonds is 7. The Labute approximate surface area is 170 Å². The molecular formula is C24H23NO4. The first kappa shape index (κ1) is 20.1. The van der Waals surface area contributed by atoms with E-state index in [0.717, 1.165) is 22.4 Å². The fourth-order valence-corrected chi connectivity index (χ4v) is 3.14. The molecule has 0 aromatic heterocycles. The number of amides is 1. The average Bonchev–Trinajstić information content (AvgIpc) is 2.98. The highest BCUT2D eigenvalue weighted by atomic mass is 16.5. The summed E-state index contributed by atoms with van der Waals surface area (Å²) in [5, 5.41) is 12.0. The molecule has 0 spiro atoms. The Kier molecular flexibility index (Phi) is 6.63. The highest BCUT2D eigenvalue weighted by molar-refractivity contribution is 5.94. The van der Waals surface area contributed by atoms with Crippen LogP contribution in [0.5, 0.6) is 5.75 Å². The van der Waals surface area contributed by atoms with Gasteiger partial charge < -0.3 is 15.2 Å². The quantitative estimate of drug-likeness (QED) is 0.742. The van der Waals surface area contributed by atoms with Gasteiger partial charge in [0.15, 0.2) is 0 Å². The van der Waals surface area contributed by atoms with Gasteiger partial charge in [0.2, 0.25) is 5.91 Å². The smallest absolute Gasteiger partial charge is 0.337 e. The average molecular weight is 389 g/mol. The third kappa shape index (κ3) is 5.23. The third-order valence-electron chi connectivity index (χ3n) is 4.66. The van der Waals surface area contributed by atoms with Crippen molar-refractivity contribution in [3.8, 4) is 16.9 Å². The normalized spacial score (nSPS) is 13.1. The number of allylic oxidation sites excluding steroid dienone is 4. The summed E-state index contributed by atoms with van der Waals surface area (Å²) >= 11 is 0. The Morgan fingerprint density at radius 1 is 1.10 bits per heavy atom. The predicted molar refractivity (Wildman–Crippen MR) is 112 cm³/mol. The lowest BCUT2D eigenvalue weighted by Gasteiger charge is -2.11. The molecule has 29 heavy (non-hydrogen) atoms. The molecule has 0 fully saturated rings. The summed E-state index contributed by atoms with van der Waals surface area (Å²) in [4.78, 5) is 23.7. The molecule has 148 valence electrons. The third-order valence-corrected chi connectivity index (χ3v) is 4.66. The summed E-state index contributed by atoms with van der Waals surface area (Å²) in [5.74, 6) is -0.456. The predicted octanol–water partition coefficient (Wildman–Crippen LogP) is 4.27. The van der Waals surface area contributed by atoms with Crippen LogP contribution in [0.1, 0.15) is 18.4 Å². The number of aliphatic carboxylic acids is 1. The molecule has 1 aliphatic rings. The molecular weight excluding hydrogens is 366 g/mol. The molecule has 0 heterocycles. The number of aryl methyl sites for hydroxylation is 1. The number of para-hydroxylation sites is 1. The highest BCUT2D eigenvalue weighted by Crippen LogP contribution is 2.29. The number of carboxylic acid groups (broad SMARTS) is 1. The van der Waals surface area contributed by atoms with E-state index < -0.39 is 5.97 Å². The van der Waals surface area contributed by atoms with Crippen molar-refractivity contribution in [2.24, 2.45) is 0 Å². The Morgan fingerprint density at radius 3 is 2.59 bits per heavy atom. The number of methoxy groups -OCH3 is 1. The van der Waals surface area contributed by atoms with Crippen LogP contribution in [-0.2, 0) is 16.0 Å². The van der Waals surface area contributed by atoms with Crippen molar-refractivity contribution in [2.75, 3.05) is 7.11 Å². The molecule has 0 atom stereocenters. The summed E-state index contributed by atoms with van der Waals surface area (Å²) < 4.78 is 5.41. The lowest BCUT2D eigenvalue weighted by Crippen LogP contribution is -2.26. The van der Waals surface area contributed by atoms with Crippen molar-refractivity contribution in [3.05, 3.63) is 89.7 Å². The van der Waals surface area contributed by atoms with Gasteiger partial charge in [0.05, 0.1) is 18.4 Å². The van der Waals surface area contributed by atoms with Crippen molar-refractivity contribution in [1.82, 2.24) is 5.32 Å². The molecule has 0 aliphatic heterocycles. The zero-order chi connectivity index (χ0) is 20.6. The lowest BCUT2D eigenvalue weighted by molar-refractivity contribution is -0.132. The fourth-order valence-electron chi connectivity index (χ4n) is 3.14. The second-order valence-electron chi connectivity index (χ2n) is 6.61. The number of ether oxygens (including phenoxy) is 1. The van der Waals surface area contributed by atoms with Gasteiger partial charge in [-0.1, -0.05) is 60.7 Å². The summed E-state index contributed by atoms with van der Waals surface area (Å²) in [7, 11) is 1.65. The molecule has 5 heteroatoms. The second kappa shape index (κ2) is 9.55. The highest BCUT2D eigenvalue weighted by Gasteiger charge is 2.16. The van der Waals surface area contributed by atoms with Gasteiger partial charge in [-0.15, -0.1) is 0 Å². The molecule has 2 N–H and O–H groups in total. The van der Waals surface area contributed by atoms with Gasteiger partial charge >= 0.3 is 5.97 Å². The zero-order valence-electron chi connectivity index (χ0n) is 16.2. The maximum absolute atomic E-state index is 12.3. The molecule has 0 saturated heterocycles. The van der Waals surface area contributed by atoms with E-state index in [0.29, 0.717) is 18.5 Å². The van der Waals surface area contributed by atoms with E-state index in [1.807, 2.05) is 54.6 Å². The maximum Gasteiger partial charge on any atom is 0.337 e. The van der Waals surface area contributed by atoms with Gasteiger partial charge in [0.25, 0.3) is 0 Å². The van der Waals surface area contributed by atoms with Crippen LogP contribution in [0.15, 0.2) is 84.1 Å². The van der Waals surface area contributed by atoms with Crippen LogP contribution in [0.25, 0.3) is 11.1 Å². The molecule has 0 radical (unpaired) electrons. The molecule has 0 saturated carbocycles. The standard InChI is InChI=1S/C24H23NO4/c1-29-22-10-6-5-7-19(22)18-14-11-17(12-15-18)13-16-23(26)25-21-9-4-2-3-8-20(21)24(27)28/h2-3,5-12,14-15H,4,13,16H2,1H3,(H,25,26)(H,27,28). The van der Waals surface area contributed by atoms with E-state index in [1.54, 1.807) is 19.3 Å². The molecule has 5 nitrogen and oxygen atoms in total. The van der Waals surface area contributed by atoms with Crippen LogP contribution in [0.3, 0.4) is 0 Å². The van der Waals surface area contributed by atoms with Crippen molar-refractivity contribution in [3.63, 3.8) is 0 Å². The SMILES string of the molecule is COc1ccccc1-c1ccc(CCC(=O)NC2=CCC=CC=C2C(=O)O)cc1. The Bertz CT molecular complexity index is 984. The van der Waals surface area contributed by atoms with Gasteiger partial charge in [-0.2, -0.15) is 0 Å². The van der Waals surface area contributed by atoms with Gasteiger partial charge in [-0.25, -0.2) is 4.79 Å². The van der Waals surface area contributed by atoms with E-state index in [1.165, 1.54) is 6.08 Å². The van der Waals surface area contributed by atoms with Crippen molar-refractivity contribution in [1.29, 1.82) is 0 Å². The van der Waals surface area contributed by atoms with Crippen LogP contribution in [-0.4, -0.2) is 24.1 Å². The van der Waals surface area contributed by atoms with Crippen LogP contribution < -0.4 is 10.1 Å². The first-order valence-electron chi connectivity index (χ1n) is 9.41. The molecule has 1 amide bonds. The molecule has 0 unspecified atom stereocenters. The monoisotopic (exact) mass is 389 g/mol. The fraction of sp³-hybridized carbons (Fsp3) is 0.167. The number of hydrogen-bond acceptors (Lipinski definition) is 3. The van der Waals surface area contributed by atoms with Gasteiger partial charge in [-0.3, -0.25) is 4.79 Å². The summed E-state index contributed by atoms with van der Waals surface area (Å²) in [6.07, 6.45) is 8.14. The number of benzene rings is 2. The maximum atomic E-state index is 12.3. The Balaban J connectivity index is 1.61. The number of carbonyl (C=O) groups is 2. The minimum absolute atomic E-state index is 0.0910. The summed E-state index contributed by atoms with van der Waals surface area (Å²) in [6, 6.07) is 15.8. The summed E-state index contributed by atoms with van der Waals surface area (Å²) in [6.45, 7) is 0. The van der Waals surface area contributed by atoms with Gasteiger partial charge in [-0.05, 0) is 36.1 Å². The van der Waals surface area contributed by atoms with E-state index in [-0.39, 0.29) is 17.9 Å². The zero-order valence-corrected chi connectivity index (χ0v) is 16.2. The van der Waals surface area contributed by atoms with Crippen LogP contribution in [0.2, 0.25) is 0 Å². The van der Waals surface area contributed by atoms with Crippen LogP contribution in [0.4, 0.5) is 0 Å². The number of nitrogens with one attached hydrogen (secondary N) is 1. The van der Waals surface area contributed by atoms with E-state index in [4.69, 9.17) is 4.74 Å². The number of carbonyl (C=O) groups excluding carboxylic acids is 1. The second-order valence-corrected chi connectivity index (χ2v) is 6.61. The first-order valence-corrected chi connectivity index (χ1v) is 9.41. The lowest BCUT2D eigenvalue weighted by atomic mass is 10.0. The topological polar surface area (TPSA) is 75.6 Å². The van der Waals surface area contributed by atoms with Crippen molar-refractivity contribution >= 4 is 11.9 Å². The van der Waals surface area contributed by atoms with E-state index in [2.05, 4.69) is 5.32 Å². The molecule has 3 rings (SSSR count). The minimum Gasteiger partial charge on any atom is -0.496 e. The molecule has 0 bridgehead atoms.